The first-order chi connectivity index (χ1) is 20.4. The van der Waals surface area contributed by atoms with Gasteiger partial charge >= 0.3 is 5.97 Å². The number of carbonyl (C=O) groups excluding carboxylic acids is 2. The summed E-state index contributed by atoms with van der Waals surface area (Å²) >= 11 is 0. The van der Waals surface area contributed by atoms with Crippen molar-refractivity contribution in [2.75, 3.05) is 33.0 Å². The molecule has 1 atom stereocenters. The molecule has 3 aliphatic heterocycles. The van der Waals surface area contributed by atoms with Gasteiger partial charge in [0.25, 0.3) is 0 Å². The lowest BCUT2D eigenvalue weighted by molar-refractivity contribution is -0.166. The van der Waals surface area contributed by atoms with Gasteiger partial charge in [-0.15, -0.1) is 0 Å². The summed E-state index contributed by atoms with van der Waals surface area (Å²) in [6.07, 6.45) is 2.61. The maximum Gasteiger partial charge on any atom is 0.339 e. The van der Waals surface area contributed by atoms with E-state index in [9.17, 15) is 9.59 Å². The van der Waals surface area contributed by atoms with Gasteiger partial charge in [-0.2, -0.15) is 0 Å². The van der Waals surface area contributed by atoms with Crippen molar-refractivity contribution in [2.45, 2.75) is 98.8 Å². The van der Waals surface area contributed by atoms with E-state index in [1.54, 1.807) is 13.0 Å². The van der Waals surface area contributed by atoms with E-state index >= 15 is 4.39 Å². The molecule has 7 nitrogen and oxygen atoms in total. The molecule has 1 amide bonds. The molecule has 2 aromatic rings. The van der Waals surface area contributed by atoms with Crippen molar-refractivity contribution in [1.29, 1.82) is 0 Å². The van der Waals surface area contributed by atoms with E-state index in [2.05, 4.69) is 0 Å². The lowest BCUT2D eigenvalue weighted by Gasteiger charge is -2.37. The van der Waals surface area contributed by atoms with Gasteiger partial charge in [0.1, 0.15) is 0 Å². The molecule has 0 N–H and O–H groups in total. The Balaban J connectivity index is 1.74. The zero-order chi connectivity index (χ0) is 31.1. The number of esters is 1. The molecular weight excluding hydrogens is 549 g/mol. The Morgan fingerprint density at radius 3 is 2.47 bits per heavy atom. The van der Waals surface area contributed by atoms with Crippen LogP contribution in [-0.2, 0) is 43.2 Å². The minimum Gasteiger partial charge on any atom is -0.490 e. The van der Waals surface area contributed by atoms with Crippen LogP contribution in [0.15, 0.2) is 6.07 Å². The SMILES string of the molecule is CCOC(=O)C(OC(C)(C)C)c1c(C)c2c(c(C)c1-c1cc(F)c3c(c1C)CCCO3)CN(CC1CCOCC1)C(=O)C2. The molecule has 2 aromatic carbocycles. The average molecular weight is 596 g/mol. The molecule has 0 saturated carbocycles. The highest BCUT2D eigenvalue weighted by Gasteiger charge is 2.38. The van der Waals surface area contributed by atoms with Gasteiger partial charge in [0.05, 0.1) is 25.2 Å². The van der Waals surface area contributed by atoms with Crippen LogP contribution in [0.4, 0.5) is 4.39 Å². The van der Waals surface area contributed by atoms with Crippen molar-refractivity contribution >= 4 is 11.9 Å². The van der Waals surface area contributed by atoms with E-state index in [0.29, 0.717) is 36.9 Å². The molecule has 5 rings (SSSR count). The number of rotatable bonds is 7. The van der Waals surface area contributed by atoms with E-state index in [4.69, 9.17) is 18.9 Å². The Morgan fingerprint density at radius 1 is 1.07 bits per heavy atom. The third kappa shape index (κ3) is 6.32. The Hall–Kier alpha value is -2.97. The number of hydrogen-bond donors (Lipinski definition) is 0. The number of benzene rings is 2. The molecule has 8 heteroatoms. The van der Waals surface area contributed by atoms with Gasteiger partial charge in [0.2, 0.25) is 5.91 Å². The second-order valence-corrected chi connectivity index (χ2v) is 13.2. The van der Waals surface area contributed by atoms with Gasteiger partial charge in [0.15, 0.2) is 17.7 Å². The largest absolute Gasteiger partial charge is 0.490 e. The van der Waals surface area contributed by atoms with Gasteiger partial charge in [-0.25, -0.2) is 9.18 Å². The van der Waals surface area contributed by atoms with Gasteiger partial charge in [0, 0.05) is 37.4 Å². The topological polar surface area (TPSA) is 74.3 Å². The van der Waals surface area contributed by atoms with E-state index in [0.717, 1.165) is 83.4 Å². The molecule has 0 aromatic heterocycles. The molecule has 0 aliphatic carbocycles. The summed E-state index contributed by atoms with van der Waals surface area (Å²) in [4.78, 5) is 29.2. The predicted octanol–water partition coefficient (Wildman–Crippen LogP) is 6.47. The van der Waals surface area contributed by atoms with Crippen LogP contribution in [-0.4, -0.2) is 55.3 Å². The summed E-state index contributed by atoms with van der Waals surface area (Å²) in [6.45, 7) is 16.8. The maximum atomic E-state index is 15.7. The number of carbonyl (C=O) groups is 2. The zero-order valence-electron chi connectivity index (χ0n) is 26.8. The van der Waals surface area contributed by atoms with Crippen LogP contribution in [0.1, 0.15) is 92.0 Å². The van der Waals surface area contributed by atoms with Gasteiger partial charge in [-0.3, -0.25) is 4.79 Å². The summed E-state index contributed by atoms with van der Waals surface area (Å²) in [6, 6.07) is 1.55. The van der Waals surface area contributed by atoms with Crippen LogP contribution >= 0.6 is 0 Å². The van der Waals surface area contributed by atoms with Crippen LogP contribution in [0.25, 0.3) is 11.1 Å². The average Bonchev–Trinajstić information content (AvgIpc) is 2.97. The first kappa shape index (κ1) is 31.5. The Bertz CT molecular complexity index is 1400. The fourth-order valence-corrected chi connectivity index (χ4v) is 6.95. The van der Waals surface area contributed by atoms with Crippen molar-refractivity contribution in [3.8, 4) is 16.9 Å². The van der Waals surface area contributed by atoms with E-state index in [1.807, 2.05) is 46.4 Å². The lowest BCUT2D eigenvalue weighted by Crippen LogP contribution is -2.41. The molecule has 0 radical (unpaired) electrons. The van der Waals surface area contributed by atoms with Crippen molar-refractivity contribution in [1.82, 2.24) is 4.90 Å². The van der Waals surface area contributed by atoms with Crippen molar-refractivity contribution in [2.24, 2.45) is 5.92 Å². The predicted molar refractivity (Wildman–Crippen MR) is 163 cm³/mol. The number of ether oxygens (including phenoxy) is 4. The van der Waals surface area contributed by atoms with Crippen molar-refractivity contribution in [3.05, 3.63) is 50.8 Å². The number of amides is 1. The number of fused-ring (bicyclic) bond motifs is 2. The van der Waals surface area contributed by atoms with E-state index in [1.165, 1.54) is 0 Å². The Labute approximate surface area is 255 Å². The summed E-state index contributed by atoms with van der Waals surface area (Å²) < 4.78 is 39.0. The number of halogens is 1. The second kappa shape index (κ2) is 12.6. The van der Waals surface area contributed by atoms with Crippen LogP contribution in [0.2, 0.25) is 0 Å². The highest BCUT2D eigenvalue weighted by molar-refractivity contribution is 5.89. The van der Waals surface area contributed by atoms with Gasteiger partial charge < -0.3 is 23.8 Å². The molecular formula is C35H46FNO6. The van der Waals surface area contributed by atoms with Gasteiger partial charge in [-0.05, 0) is 125 Å². The summed E-state index contributed by atoms with van der Waals surface area (Å²) in [5.41, 5.74) is 7.03. The first-order valence-corrected chi connectivity index (χ1v) is 15.7. The van der Waals surface area contributed by atoms with E-state index < -0.39 is 23.5 Å². The van der Waals surface area contributed by atoms with Crippen molar-refractivity contribution in [3.63, 3.8) is 0 Å². The molecule has 1 unspecified atom stereocenters. The molecule has 0 bridgehead atoms. The molecule has 234 valence electrons. The van der Waals surface area contributed by atoms with Crippen LogP contribution < -0.4 is 4.74 Å². The normalized spacial score (nSPS) is 18.1. The zero-order valence-corrected chi connectivity index (χ0v) is 26.8. The maximum absolute atomic E-state index is 15.7. The molecule has 3 heterocycles. The lowest BCUT2D eigenvalue weighted by atomic mass is 9.78. The second-order valence-electron chi connectivity index (χ2n) is 13.2. The van der Waals surface area contributed by atoms with E-state index in [-0.39, 0.29) is 18.9 Å². The van der Waals surface area contributed by atoms with Crippen molar-refractivity contribution < 1.29 is 32.9 Å². The highest BCUT2D eigenvalue weighted by atomic mass is 19.1. The molecule has 3 aliphatic rings. The van der Waals surface area contributed by atoms with Crippen LogP contribution in [0.5, 0.6) is 5.75 Å². The molecule has 43 heavy (non-hydrogen) atoms. The number of hydrogen-bond acceptors (Lipinski definition) is 6. The summed E-state index contributed by atoms with van der Waals surface area (Å²) in [5.74, 6) is -0.0920. The van der Waals surface area contributed by atoms with Crippen LogP contribution in [0, 0.1) is 32.5 Å². The molecule has 1 fully saturated rings. The quantitative estimate of drug-likeness (QED) is 0.342. The van der Waals surface area contributed by atoms with Gasteiger partial charge in [-0.1, -0.05) is 0 Å². The minimum absolute atomic E-state index is 0.0813. The molecule has 1 saturated heterocycles. The Morgan fingerprint density at radius 2 is 1.79 bits per heavy atom. The highest BCUT2D eigenvalue weighted by Crippen LogP contribution is 2.46. The summed E-state index contributed by atoms with van der Waals surface area (Å²) in [5, 5.41) is 0. The monoisotopic (exact) mass is 595 g/mol. The third-order valence-electron chi connectivity index (χ3n) is 9.11. The van der Waals surface area contributed by atoms with Crippen LogP contribution in [0.3, 0.4) is 0 Å². The third-order valence-corrected chi connectivity index (χ3v) is 9.11. The fourth-order valence-electron chi connectivity index (χ4n) is 6.95. The minimum atomic E-state index is -1.05. The Kier molecular flexibility index (Phi) is 9.19. The first-order valence-electron chi connectivity index (χ1n) is 15.7. The number of nitrogens with zero attached hydrogens (tertiary/aromatic N) is 1. The fraction of sp³-hybridized carbons (Fsp3) is 0.600. The smallest absolute Gasteiger partial charge is 0.339 e. The summed E-state index contributed by atoms with van der Waals surface area (Å²) in [7, 11) is 0. The standard InChI is InChI=1S/C35H46FNO6/c1-8-41-34(39)33(43-35(5,6)7)31-21(3)25-17-29(38)37(18-23-11-14-40-15-12-23)19-27(25)22(4)30(31)26-16-28(36)32-24(20(26)2)10-9-13-42-32/h16,23,33H,8-15,17-19H2,1-7H3. The molecule has 0 spiro atoms.